The van der Waals surface area contributed by atoms with E-state index in [0.29, 0.717) is 34.0 Å². The van der Waals surface area contributed by atoms with Gasteiger partial charge in [0.2, 0.25) is 0 Å². The van der Waals surface area contributed by atoms with E-state index in [1.165, 1.54) is 23.3 Å². The number of hydrogen-bond acceptors (Lipinski definition) is 4. The number of furan rings is 1. The summed E-state index contributed by atoms with van der Waals surface area (Å²) >= 11 is -1.86. The fourth-order valence-electron chi connectivity index (χ4n) is 7.87. The summed E-state index contributed by atoms with van der Waals surface area (Å²) in [5.74, 6) is 8.29. The van der Waals surface area contributed by atoms with Crippen LogP contribution in [-0.4, -0.2) is 32.8 Å². The van der Waals surface area contributed by atoms with Gasteiger partial charge in [-0.05, 0) is 64.7 Å². The Bertz CT molecular complexity index is 2980. The molecule has 4 heterocycles. The zero-order valence-corrected chi connectivity index (χ0v) is 40.8. The summed E-state index contributed by atoms with van der Waals surface area (Å²) in [4.78, 5) is 14.3. The van der Waals surface area contributed by atoms with E-state index in [2.05, 4.69) is 122 Å². The summed E-state index contributed by atoms with van der Waals surface area (Å²) in [6.45, 7) is 13.2. The van der Waals surface area contributed by atoms with Gasteiger partial charge in [-0.15, -0.1) is 18.2 Å². The minimum absolute atomic E-state index is 0. The average molecular weight is 1040 g/mol. The Balaban J connectivity index is 0.000000226. The molecule has 0 aliphatic rings. The van der Waals surface area contributed by atoms with Crippen molar-refractivity contribution in [2.75, 3.05) is 0 Å². The average Bonchev–Trinajstić information content (AvgIpc) is 3.78. The van der Waals surface area contributed by atoms with E-state index < -0.39 is 13.3 Å². The molecule has 4 aromatic heterocycles. The molecule has 0 bridgehead atoms. The maximum absolute atomic E-state index is 14.5. The van der Waals surface area contributed by atoms with Gasteiger partial charge in [0.05, 0.1) is 28.0 Å². The summed E-state index contributed by atoms with van der Waals surface area (Å²) in [5, 5.41) is 0.889. The van der Waals surface area contributed by atoms with Gasteiger partial charge in [-0.2, -0.15) is 0 Å². The van der Waals surface area contributed by atoms with Crippen LogP contribution in [0.3, 0.4) is 0 Å². The summed E-state index contributed by atoms with van der Waals surface area (Å²) in [7, 11) is 0. The molecule has 0 unspecified atom stereocenters. The van der Waals surface area contributed by atoms with Crippen LogP contribution in [0.25, 0.3) is 72.6 Å². The topological polar surface area (TPSA) is 56.7 Å². The first-order valence-electron chi connectivity index (χ1n) is 20.7. The predicted octanol–water partition coefficient (Wildman–Crippen LogP) is 13.5. The van der Waals surface area contributed by atoms with Crippen LogP contribution in [-0.2, 0) is 31.9 Å². The molecular weight excluding hydrogens is 992 g/mol. The fourth-order valence-corrected chi connectivity index (χ4v) is 11.2. The van der Waals surface area contributed by atoms with Crippen LogP contribution in [0.4, 0.5) is 4.39 Å². The van der Waals surface area contributed by atoms with E-state index in [9.17, 15) is 4.39 Å². The number of aryl methyl sites for hydroxylation is 1. The van der Waals surface area contributed by atoms with Crippen LogP contribution in [0.5, 0.6) is 0 Å². The molecule has 9 rings (SSSR count). The molecule has 61 heavy (non-hydrogen) atoms. The van der Waals surface area contributed by atoms with Crippen molar-refractivity contribution in [2.45, 2.75) is 70.6 Å². The Labute approximate surface area is 375 Å². The van der Waals surface area contributed by atoms with Gasteiger partial charge in [-0.25, -0.2) is 4.39 Å². The second-order valence-electron chi connectivity index (χ2n) is 18.2. The third kappa shape index (κ3) is 9.21. The maximum Gasteiger partial charge on any atom is 0.139 e. The molecule has 0 spiro atoms. The van der Waals surface area contributed by atoms with Crippen LogP contribution in [0.2, 0.25) is 17.3 Å². The van der Waals surface area contributed by atoms with Gasteiger partial charge in [0.1, 0.15) is 11.4 Å². The fraction of sp³-hybridized carbons (Fsp3) is 0.226. The second-order valence-corrected chi connectivity index (χ2v) is 28.7. The number of nitrogens with zero attached hydrogens (tertiary/aromatic N) is 4. The molecule has 0 amide bonds. The zero-order valence-electron chi connectivity index (χ0n) is 36.3. The van der Waals surface area contributed by atoms with Crippen molar-refractivity contribution in [1.82, 2.24) is 19.5 Å². The minimum atomic E-state index is -1.86. The van der Waals surface area contributed by atoms with Crippen LogP contribution >= 0.6 is 0 Å². The second kappa shape index (κ2) is 17.6. The first-order valence-corrected chi connectivity index (χ1v) is 28.0. The minimum Gasteiger partial charge on any atom is -0.499 e. The van der Waals surface area contributed by atoms with Crippen molar-refractivity contribution in [3.8, 4) is 39.5 Å². The van der Waals surface area contributed by atoms with Gasteiger partial charge in [-0.3, -0.25) is 9.97 Å². The molecule has 311 valence electrons. The number of halogens is 1. The third-order valence-corrected chi connectivity index (χ3v) is 15.2. The summed E-state index contributed by atoms with van der Waals surface area (Å²) in [6, 6.07) is 44.5. The van der Waals surface area contributed by atoms with Crippen LogP contribution < -0.4 is 4.40 Å². The molecule has 0 fully saturated rings. The van der Waals surface area contributed by atoms with E-state index in [0.717, 1.165) is 56.5 Å². The van der Waals surface area contributed by atoms with Crippen LogP contribution in [0.15, 0.2) is 132 Å². The van der Waals surface area contributed by atoms with Crippen molar-refractivity contribution < 1.29 is 28.9 Å². The van der Waals surface area contributed by atoms with Crippen molar-refractivity contribution >= 4 is 50.8 Å². The molecule has 0 aliphatic heterocycles. The van der Waals surface area contributed by atoms with Crippen molar-refractivity contribution in [1.29, 1.82) is 0 Å². The first-order chi connectivity index (χ1) is 28.7. The molecule has 1 radical (unpaired) electrons. The molecule has 0 saturated heterocycles. The van der Waals surface area contributed by atoms with Gasteiger partial charge < -0.3 is 8.98 Å². The molecule has 0 aliphatic carbocycles. The van der Waals surface area contributed by atoms with Gasteiger partial charge in [0, 0.05) is 43.6 Å². The normalized spacial score (nSPS) is 11.9. The standard InChI is InChI=1S/C35H27FN3O.C18H24GeN.Ir/c1-21-17-31-32(37-20-21)25-11-8-12-26(33(25)40-31)34-38-28-19-24(36)14-16-30(28)39(34)29-15-13-23(35(2,3)4)18-27(29)22-9-6-5-7-10-22;1-14(2)11-16-12-18(15-9-7-6-8-10-15)20-13-17(16)19(3,4)5;/h5-11,13-20H,1-4H3;6-9,12-14H,11H2,1-5H3;/q2*-1;. The Morgan fingerprint density at radius 2 is 1.59 bits per heavy atom. The molecule has 9 aromatic rings. The molecule has 0 atom stereocenters. The van der Waals surface area contributed by atoms with E-state index >= 15 is 0 Å². The van der Waals surface area contributed by atoms with E-state index in [-0.39, 0.29) is 31.3 Å². The Morgan fingerprint density at radius 3 is 2.30 bits per heavy atom. The maximum atomic E-state index is 14.5. The van der Waals surface area contributed by atoms with E-state index in [1.54, 1.807) is 10.5 Å². The third-order valence-electron chi connectivity index (χ3n) is 10.8. The SMILES string of the molecule is CC(C)Cc1cc(-c2[c-]cccc2)nc[c]1[Ge]([CH3])([CH3])[CH3].Cc1cnc2c(c1)oc1c(-c3nc4cc(F)ccc4n3-c3ccc(C(C)(C)C)cc3-c3ccccc3)[c-]ccc12.[Ir]. The first kappa shape index (κ1) is 43.9. The summed E-state index contributed by atoms with van der Waals surface area (Å²) in [5.41, 5.74) is 13.1. The van der Waals surface area contributed by atoms with Crippen molar-refractivity contribution in [3.63, 3.8) is 0 Å². The smallest absolute Gasteiger partial charge is 0.139 e. The van der Waals surface area contributed by atoms with Crippen LogP contribution in [0, 0.1) is 30.8 Å². The van der Waals surface area contributed by atoms with E-state index in [1.807, 2.05) is 67.7 Å². The summed E-state index contributed by atoms with van der Waals surface area (Å²) in [6.07, 6.45) is 5.11. The summed E-state index contributed by atoms with van der Waals surface area (Å²) < 4.78 is 24.5. The Hall–Kier alpha value is -5.21. The van der Waals surface area contributed by atoms with Gasteiger partial charge >= 0.3 is 126 Å². The largest absolute Gasteiger partial charge is 0.499 e. The monoisotopic (exact) mass is 1050 g/mol. The number of aromatic nitrogens is 4. The van der Waals surface area contributed by atoms with Gasteiger partial charge in [0.15, 0.2) is 0 Å². The van der Waals surface area contributed by atoms with Crippen LogP contribution in [0.1, 0.15) is 51.3 Å². The zero-order chi connectivity index (χ0) is 42.3. The van der Waals surface area contributed by atoms with Crippen molar-refractivity contribution in [3.05, 3.63) is 162 Å². The number of imidazole rings is 1. The molecular formula is C53H51FGeIrN4O-2. The molecule has 0 saturated carbocycles. The van der Waals surface area contributed by atoms with Gasteiger partial charge in [0.25, 0.3) is 0 Å². The number of benzene rings is 5. The Morgan fingerprint density at radius 1 is 0.820 bits per heavy atom. The molecule has 5 aromatic carbocycles. The number of pyridine rings is 2. The number of hydrogen-bond donors (Lipinski definition) is 0. The van der Waals surface area contributed by atoms with Gasteiger partial charge in [-0.1, -0.05) is 62.7 Å². The number of rotatable bonds is 7. The number of fused-ring (bicyclic) bond motifs is 4. The van der Waals surface area contributed by atoms with E-state index in [4.69, 9.17) is 14.4 Å². The quantitative estimate of drug-likeness (QED) is 0.118. The molecule has 8 heteroatoms. The molecule has 0 N–H and O–H groups in total. The van der Waals surface area contributed by atoms with Crippen molar-refractivity contribution in [2.24, 2.45) is 5.92 Å². The predicted molar refractivity (Wildman–Crippen MR) is 249 cm³/mol. The Kier molecular flexibility index (Phi) is 12.7. The molecule has 5 nitrogen and oxygen atoms in total.